The number of rotatable bonds is 3. The summed E-state index contributed by atoms with van der Waals surface area (Å²) in [6.45, 7) is 7.56. The van der Waals surface area contributed by atoms with Crippen LogP contribution in [0.4, 0.5) is 0 Å². The van der Waals surface area contributed by atoms with Gasteiger partial charge in [0, 0.05) is 39.8 Å². The van der Waals surface area contributed by atoms with Crippen LogP contribution in [0, 0.1) is 5.92 Å². The fraction of sp³-hybridized carbons (Fsp3) is 0.429. The Kier molecular flexibility index (Phi) is 6.30. The topological polar surface area (TPSA) is 99.0 Å². The summed E-state index contributed by atoms with van der Waals surface area (Å²) in [7, 11) is 0. The van der Waals surface area contributed by atoms with Gasteiger partial charge in [0.25, 0.3) is 5.56 Å². The van der Waals surface area contributed by atoms with Gasteiger partial charge in [0.05, 0.1) is 6.61 Å². The van der Waals surface area contributed by atoms with Crippen LogP contribution < -0.4 is 10.3 Å². The molecule has 0 aliphatic carbocycles. The first-order valence-corrected chi connectivity index (χ1v) is 6.77. The number of nitrogens with zero attached hydrogens (tertiary/aromatic N) is 3. The minimum atomic E-state index is -0.259. The second kappa shape index (κ2) is 7.96. The number of aromatic nitrogens is 4. The molecule has 0 fully saturated rings. The molecular formula is C14H22N4O4. The van der Waals surface area contributed by atoms with Gasteiger partial charge >= 0.3 is 0 Å². The molecule has 2 rings (SSSR count). The van der Waals surface area contributed by atoms with Gasteiger partial charge in [0.15, 0.2) is 0 Å². The SMILES string of the molecule is CC(=O)n1ccc(=O)[nH]1.CC(=O)n1ccc(OCC(C)C)n1.[HH]. The molecule has 0 aromatic carbocycles. The lowest BCUT2D eigenvalue weighted by atomic mass is 10.2. The van der Waals surface area contributed by atoms with Crippen LogP contribution in [-0.2, 0) is 0 Å². The highest BCUT2D eigenvalue weighted by Crippen LogP contribution is 2.06. The largest absolute Gasteiger partial charge is 0.476 e. The Morgan fingerprint density at radius 1 is 1.27 bits per heavy atom. The minimum absolute atomic E-state index is 0. The van der Waals surface area contributed by atoms with E-state index in [0.29, 0.717) is 18.4 Å². The Balaban J connectivity index is 0.000000427. The highest BCUT2D eigenvalue weighted by atomic mass is 16.5. The van der Waals surface area contributed by atoms with Gasteiger partial charge < -0.3 is 4.74 Å². The van der Waals surface area contributed by atoms with Crippen molar-refractivity contribution < 1.29 is 15.8 Å². The molecule has 0 radical (unpaired) electrons. The maximum atomic E-state index is 10.8. The smallest absolute Gasteiger partial charge is 0.264 e. The van der Waals surface area contributed by atoms with Crippen molar-refractivity contribution in [3.8, 4) is 5.88 Å². The van der Waals surface area contributed by atoms with Crippen molar-refractivity contribution in [3.63, 3.8) is 0 Å². The number of hydrogen-bond acceptors (Lipinski definition) is 5. The maximum Gasteiger partial charge on any atom is 0.264 e. The third kappa shape index (κ3) is 5.78. The van der Waals surface area contributed by atoms with Crippen molar-refractivity contribution in [1.82, 2.24) is 19.6 Å². The van der Waals surface area contributed by atoms with Crippen molar-refractivity contribution in [3.05, 3.63) is 34.9 Å². The lowest BCUT2D eigenvalue weighted by Gasteiger charge is -2.04. The average molecular weight is 310 g/mol. The molecule has 2 aromatic heterocycles. The molecule has 2 heterocycles. The molecule has 8 nitrogen and oxygen atoms in total. The predicted octanol–water partition coefficient (Wildman–Crippen LogP) is 1.66. The molecule has 0 spiro atoms. The maximum absolute atomic E-state index is 10.8. The second-order valence-electron chi connectivity index (χ2n) is 5.00. The number of nitrogens with one attached hydrogen (secondary N) is 1. The van der Waals surface area contributed by atoms with E-state index in [2.05, 4.69) is 24.0 Å². The number of ether oxygens (including phenoxy) is 1. The number of aromatic amines is 1. The molecule has 122 valence electrons. The van der Waals surface area contributed by atoms with Crippen molar-refractivity contribution in [2.75, 3.05) is 6.61 Å². The summed E-state index contributed by atoms with van der Waals surface area (Å²) < 4.78 is 7.70. The molecule has 0 amide bonds. The molecule has 22 heavy (non-hydrogen) atoms. The van der Waals surface area contributed by atoms with Crippen LogP contribution in [0.25, 0.3) is 0 Å². The lowest BCUT2D eigenvalue weighted by molar-refractivity contribution is 0.0911. The molecular weight excluding hydrogens is 288 g/mol. The van der Waals surface area contributed by atoms with Crippen molar-refractivity contribution in [2.24, 2.45) is 5.92 Å². The summed E-state index contributed by atoms with van der Waals surface area (Å²) in [6, 6.07) is 2.98. The highest BCUT2D eigenvalue weighted by molar-refractivity contribution is 5.75. The number of hydrogen-bond donors (Lipinski definition) is 1. The molecule has 0 saturated carbocycles. The van der Waals surface area contributed by atoms with Gasteiger partial charge in [0.2, 0.25) is 17.7 Å². The fourth-order valence-electron chi connectivity index (χ4n) is 1.33. The van der Waals surface area contributed by atoms with Crippen LogP contribution >= 0.6 is 0 Å². The van der Waals surface area contributed by atoms with Gasteiger partial charge in [-0.3, -0.25) is 19.5 Å². The average Bonchev–Trinajstić information content (AvgIpc) is 3.05. The normalized spacial score (nSPS) is 10.0. The molecule has 1 N–H and O–H groups in total. The van der Waals surface area contributed by atoms with E-state index in [9.17, 15) is 14.4 Å². The molecule has 0 atom stereocenters. The molecule has 0 unspecified atom stereocenters. The van der Waals surface area contributed by atoms with Crippen molar-refractivity contribution >= 4 is 11.8 Å². The van der Waals surface area contributed by atoms with Gasteiger partial charge in [-0.1, -0.05) is 13.8 Å². The third-order valence-electron chi connectivity index (χ3n) is 2.40. The first-order chi connectivity index (χ1) is 10.3. The second-order valence-corrected chi connectivity index (χ2v) is 5.00. The first kappa shape index (κ1) is 17.4. The predicted molar refractivity (Wildman–Crippen MR) is 82.3 cm³/mol. The Labute approximate surface area is 129 Å². The van der Waals surface area contributed by atoms with Crippen molar-refractivity contribution in [2.45, 2.75) is 27.7 Å². The summed E-state index contributed by atoms with van der Waals surface area (Å²) in [6.07, 6.45) is 2.99. The Bertz CT molecular complexity index is 687. The van der Waals surface area contributed by atoms with E-state index in [1.807, 2.05) is 0 Å². The molecule has 0 bridgehead atoms. The monoisotopic (exact) mass is 310 g/mol. The summed E-state index contributed by atoms with van der Waals surface area (Å²) in [5.41, 5.74) is -0.259. The Morgan fingerprint density at radius 2 is 1.95 bits per heavy atom. The first-order valence-electron chi connectivity index (χ1n) is 6.77. The molecule has 8 heteroatoms. The third-order valence-corrected chi connectivity index (χ3v) is 2.40. The number of carbonyl (C=O) groups is 2. The van der Waals surface area contributed by atoms with E-state index in [-0.39, 0.29) is 18.8 Å². The number of H-pyrrole nitrogens is 1. The van der Waals surface area contributed by atoms with Crippen LogP contribution in [0.3, 0.4) is 0 Å². The van der Waals surface area contributed by atoms with E-state index >= 15 is 0 Å². The lowest BCUT2D eigenvalue weighted by Crippen LogP contribution is -2.10. The molecule has 2 aromatic rings. The zero-order valence-corrected chi connectivity index (χ0v) is 13.1. The number of carbonyl (C=O) groups excluding carboxylic acids is 2. The quantitative estimate of drug-likeness (QED) is 0.929. The Morgan fingerprint density at radius 3 is 2.32 bits per heavy atom. The summed E-state index contributed by atoms with van der Waals surface area (Å²) in [4.78, 5) is 31.7. The van der Waals surface area contributed by atoms with Crippen LogP contribution in [-0.4, -0.2) is 38.0 Å². The van der Waals surface area contributed by atoms with Crippen LogP contribution in [0.15, 0.2) is 29.3 Å². The van der Waals surface area contributed by atoms with E-state index < -0.39 is 0 Å². The molecule has 0 aliphatic rings. The molecule has 0 aliphatic heterocycles. The van der Waals surface area contributed by atoms with E-state index in [4.69, 9.17) is 4.74 Å². The van der Waals surface area contributed by atoms with Crippen molar-refractivity contribution in [1.29, 1.82) is 0 Å². The van der Waals surface area contributed by atoms with Crippen LogP contribution in [0.2, 0.25) is 0 Å². The molecule has 0 saturated heterocycles. The zero-order chi connectivity index (χ0) is 16.7. The van der Waals surface area contributed by atoms with E-state index in [1.54, 1.807) is 12.3 Å². The van der Waals surface area contributed by atoms with E-state index in [0.717, 1.165) is 4.68 Å². The highest BCUT2D eigenvalue weighted by Gasteiger charge is 2.03. The Hall–Kier alpha value is -2.64. The van der Waals surface area contributed by atoms with Gasteiger partial charge in [0.1, 0.15) is 0 Å². The standard InChI is InChI=1S/C9H14N2O2.C5H6N2O2.H2/c1-7(2)6-13-9-4-5-11(10-9)8(3)12;1-4(8)7-3-2-5(9)6-7;/h4-5,7H,6H2,1-3H3;2-3H,1H3,(H,6,9);1H. The van der Waals surface area contributed by atoms with Gasteiger partial charge in [-0.2, -0.15) is 0 Å². The summed E-state index contributed by atoms with van der Waals surface area (Å²) >= 11 is 0. The summed E-state index contributed by atoms with van der Waals surface area (Å²) in [5.74, 6) is 0.655. The van der Waals surface area contributed by atoms with Crippen LogP contribution in [0.1, 0.15) is 38.7 Å². The zero-order valence-electron chi connectivity index (χ0n) is 13.1. The fourth-order valence-corrected chi connectivity index (χ4v) is 1.33. The van der Waals surface area contributed by atoms with Gasteiger partial charge in [-0.25, -0.2) is 9.36 Å². The summed E-state index contributed by atoms with van der Waals surface area (Å²) in [5, 5.41) is 6.21. The van der Waals surface area contributed by atoms with E-state index in [1.165, 1.54) is 30.8 Å². The van der Waals surface area contributed by atoms with Gasteiger partial charge in [-0.15, -0.1) is 5.10 Å². The minimum Gasteiger partial charge on any atom is -0.476 e. The van der Waals surface area contributed by atoms with Gasteiger partial charge in [-0.05, 0) is 5.92 Å². The van der Waals surface area contributed by atoms with Crippen LogP contribution in [0.5, 0.6) is 5.88 Å².